The summed E-state index contributed by atoms with van der Waals surface area (Å²) >= 11 is 0. The number of rotatable bonds is 5. The van der Waals surface area contributed by atoms with E-state index in [2.05, 4.69) is 48.5 Å². The van der Waals surface area contributed by atoms with Gasteiger partial charge in [-0.15, -0.1) is 12.4 Å². The van der Waals surface area contributed by atoms with Gasteiger partial charge in [-0.05, 0) is 44.0 Å². The molecule has 0 aliphatic carbocycles. The molecule has 0 spiro atoms. The molecular formula is C16H27ClN2. The molecule has 0 amide bonds. The Balaban J connectivity index is 0.00000180. The largest absolute Gasteiger partial charge is 0.316 e. The van der Waals surface area contributed by atoms with Crippen molar-refractivity contribution in [2.45, 2.75) is 45.2 Å². The lowest BCUT2D eigenvalue weighted by atomic mass is 10.0. The van der Waals surface area contributed by atoms with Crippen LogP contribution < -0.4 is 5.32 Å². The predicted octanol–water partition coefficient (Wildman–Crippen LogP) is 3.24. The molecule has 0 bridgehead atoms. The number of halogens is 1. The highest BCUT2D eigenvalue weighted by atomic mass is 35.5. The molecule has 1 aromatic rings. The minimum Gasteiger partial charge on any atom is -0.316 e. The molecule has 0 radical (unpaired) electrons. The van der Waals surface area contributed by atoms with Crippen molar-refractivity contribution in [1.82, 2.24) is 10.2 Å². The van der Waals surface area contributed by atoms with E-state index in [9.17, 15) is 0 Å². The van der Waals surface area contributed by atoms with Gasteiger partial charge >= 0.3 is 0 Å². The van der Waals surface area contributed by atoms with Gasteiger partial charge in [-0.2, -0.15) is 0 Å². The second-order valence-corrected chi connectivity index (χ2v) is 5.43. The van der Waals surface area contributed by atoms with Gasteiger partial charge in [0.25, 0.3) is 0 Å². The summed E-state index contributed by atoms with van der Waals surface area (Å²) in [7, 11) is 2.08. The van der Waals surface area contributed by atoms with Gasteiger partial charge in [0.2, 0.25) is 0 Å². The van der Waals surface area contributed by atoms with Crippen molar-refractivity contribution >= 4 is 12.4 Å². The number of nitrogens with zero attached hydrogens (tertiary/aromatic N) is 1. The fourth-order valence-electron chi connectivity index (χ4n) is 2.87. The zero-order valence-electron chi connectivity index (χ0n) is 12.2. The molecule has 1 N–H and O–H groups in total. The zero-order chi connectivity index (χ0) is 12.8. The third kappa shape index (κ3) is 5.13. The maximum atomic E-state index is 3.41. The number of aryl methyl sites for hydroxylation is 1. The summed E-state index contributed by atoms with van der Waals surface area (Å²) in [5.41, 5.74) is 2.95. The number of likely N-dealkylation sites (tertiary alicyclic amines) is 1. The summed E-state index contributed by atoms with van der Waals surface area (Å²) in [6.45, 7) is 5.79. The van der Waals surface area contributed by atoms with Crippen LogP contribution in [0.4, 0.5) is 0 Å². The molecule has 0 aromatic heterocycles. The van der Waals surface area contributed by atoms with Crippen molar-refractivity contribution in [3.8, 4) is 0 Å². The lowest BCUT2D eigenvalue weighted by Crippen LogP contribution is -2.43. The second kappa shape index (κ2) is 8.57. The molecule has 108 valence electrons. The van der Waals surface area contributed by atoms with Crippen LogP contribution in [0.25, 0.3) is 0 Å². The van der Waals surface area contributed by atoms with E-state index in [0.717, 1.165) is 6.54 Å². The molecule has 2 nitrogen and oxygen atoms in total. The Morgan fingerprint density at radius 3 is 2.84 bits per heavy atom. The molecule has 1 aliphatic heterocycles. The van der Waals surface area contributed by atoms with Crippen molar-refractivity contribution in [3.05, 3.63) is 35.4 Å². The standard InChI is InChI=1S/C16H26N2.ClH/c1-3-6-14-7-4-8-15(11-14)12-18-10-5-9-16(13-18)17-2;/h4,7-8,11,16-17H,3,5-6,9-10,12-13H2,1-2H3;1H. The van der Waals surface area contributed by atoms with E-state index < -0.39 is 0 Å². The zero-order valence-corrected chi connectivity index (χ0v) is 13.0. The van der Waals surface area contributed by atoms with Crippen molar-refractivity contribution in [1.29, 1.82) is 0 Å². The molecule has 2 rings (SSSR count). The fourth-order valence-corrected chi connectivity index (χ4v) is 2.87. The smallest absolute Gasteiger partial charge is 0.0234 e. The molecule has 19 heavy (non-hydrogen) atoms. The van der Waals surface area contributed by atoms with Gasteiger partial charge in [-0.3, -0.25) is 4.90 Å². The highest BCUT2D eigenvalue weighted by Gasteiger charge is 2.18. The Morgan fingerprint density at radius 1 is 1.32 bits per heavy atom. The summed E-state index contributed by atoms with van der Waals surface area (Å²) in [4.78, 5) is 2.58. The average molecular weight is 283 g/mol. The third-order valence-electron chi connectivity index (χ3n) is 3.85. The fraction of sp³-hybridized carbons (Fsp3) is 0.625. The minimum absolute atomic E-state index is 0. The number of likely N-dealkylation sites (N-methyl/N-ethyl adjacent to an activating group) is 1. The maximum Gasteiger partial charge on any atom is 0.0234 e. The van der Waals surface area contributed by atoms with Crippen molar-refractivity contribution < 1.29 is 0 Å². The molecule has 3 heteroatoms. The summed E-state index contributed by atoms with van der Waals surface area (Å²) in [5.74, 6) is 0. The van der Waals surface area contributed by atoms with Gasteiger partial charge in [0, 0.05) is 19.1 Å². The second-order valence-electron chi connectivity index (χ2n) is 5.43. The summed E-state index contributed by atoms with van der Waals surface area (Å²) < 4.78 is 0. The highest BCUT2D eigenvalue weighted by molar-refractivity contribution is 5.85. The monoisotopic (exact) mass is 282 g/mol. The van der Waals surface area contributed by atoms with Crippen LogP contribution in [0.2, 0.25) is 0 Å². The average Bonchev–Trinajstić information content (AvgIpc) is 2.40. The summed E-state index contributed by atoms with van der Waals surface area (Å²) in [6, 6.07) is 9.78. The first-order valence-electron chi connectivity index (χ1n) is 7.29. The van der Waals surface area contributed by atoms with Crippen LogP contribution in [-0.2, 0) is 13.0 Å². The van der Waals surface area contributed by atoms with E-state index in [0.29, 0.717) is 6.04 Å². The van der Waals surface area contributed by atoms with Gasteiger partial charge in [-0.25, -0.2) is 0 Å². The molecule has 1 atom stereocenters. The van der Waals surface area contributed by atoms with E-state index in [-0.39, 0.29) is 12.4 Å². The van der Waals surface area contributed by atoms with Gasteiger partial charge in [0.1, 0.15) is 0 Å². The van der Waals surface area contributed by atoms with Gasteiger partial charge in [0.05, 0.1) is 0 Å². The number of hydrogen-bond donors (Lipinski definition) is 1. The van der Waals surface area contributed by atoms with E-state index in [1.54, 1.807) is 0 Å². The summed E-state index contributed by atoms with van der Waals surface area (Å²) in [5, 5.41) is 3.41. The van der Waals surface area contributed by atoms with E-state index >= 15 is 0 Å². The Hall–Kier alpha value is -0.570. The minimum atomic E-state index is 0. The molecule has 1 fully saturated rings. The Bertz CT molecular complexity index is 368. The quantitative estimate of drug-likeness (QED) is 0.892. The van der Waals surface area contributed by atoms with Crippen LogP contribution in [0.3, 0.4) is 0 Å². The van der Waals surface area contributed by atoms with Crippen molar-refractivity contribution in [2.24, 2.45) is 0 Å². The maximum absolute atomic E-state index is 3.41. The first-order chi connectivity index (χ1) is 8.81. The van der Waals surface area contributed by atoms with Gasteiger partial charge < -0.3 is 5.32 Å². The van der Waals surface area contributed by atoms with Gasteiger partial charge in [-0.1, -0.05) is 37.6 Å². The van der Waals surface area contributed by atoms with Crippen LogP contribution in [0.15, 0.2) is 24.3 Å². The molecule has 1 aliphatic rings. The van der Waals surface area contributed by atoms with E-state index in [1.807, 2.05) is 0 Å². The predicted molar refractivity (Wildman–Crippen MR) is 85.0 cm³/mol. The molecule has 1 heterocycles. The molecule has 1 aromatic carbocycles. The van der Waals surface area contributed by atoms with Crippen LogP contribution >= 0.6 is 12.4 Å². The topological polar surface area (TPSA) is 15.3 Å². The van der Waals surface area contributed by atoms with Crippen LogP contribution in [0.5, 0.6) is 0 Å². The number of benzene rings is 1. The molecular weight excluding hydrogens is 256 g/mol. The normalized spacial score (nSPS) is 20.0. The highest BCUT2D eigenvalue weighted by Crippen LogP contribution is 2.15. The Kier molecular flexibility index (Phi) is 7.44. The molecule has 1 saturated heterocycles. The lowest BCUT2D eigenvalue weighted by molar-refractivity contribution is 0.188. The van der Waals surface area contributed by atoms with Crippen LogP contribution in [0, 0.1) is 0 Å². The number of piperidine rings is 1. The van der Waals surface area contributed by atoms with Crippen LogP contribution in [0.1, 0.15) is 37.3 Å². The summed E-state index contributed by atoms with van der Waals surface area (Å²) in [6.07, 6.45) is 5.07. The van der Waals surface area contributed by atoms with Crippen molar-refractivity contribution in [2.75, 3.05) is 20.1 Å². The Labute approximate surface area is 124 Å². The first-order valence-corrected chi connectivity index (χ1v) is 7.29. The van der Waals surface area contributed by atoms with Gasteiger partial charge in [0.15, 0.2) is 0 Å². The number of hydrogen-bond acceptors (Lipinski definition) is 2. The van der Waals surface area contributed by atoms with E-state index in [1.165, 1.54) is 49.9 Å². The van der Waals surface area contributed by atoms with Crippen LogP contribution in [-0.4, -0.2) is 31.1 Å². The SMILES string of the molecule is CCCc1cccc(CN2CCCC(NC)C2)c1.Cl. The molecule has 1 unspecified atom stereocenters. The molecule has 0 saturated carbocycles. The number of nitrogens with one attached hydrogen (secondary N) is 1. The van der Waals surface area contributed by atoms with Crippen molar-refractivity contribution in [3.63, 3.8) is 0 Å². The first kappa shape index (κ1) is 16.5. The van der Waals surface area contributed by atoms with E-state index in [4.69, 9.17) is 0 Å². The lowest BCUT2D eigenvalue weighted by Gasteiger charge is -2.32. The Morgan fingerprint density at radius 2 is 2.11 bits per heavy atom. The third-order valence-corrected chi connectivity index (χ3v) is 3.85.